The van der Waals surface area contributed by atoms with Crippen molar-refractivity contribution >= 4 is 28.2 Å². The summed E-state index contributed by atoms with van der Waals surface area (Å²) >= 11 is 1.34. The molecule has 8 nitrogen and oxygen atoms in total. The van der Waals surface area contributed by atoms with Gasteiger partial charge in [0, 0.05) is 36.6 Å². The molecule has 0 aliphatic rings. The van der Waals surface area contributed by atoms with Crippen LogP contribution in [-0.4, -0.2) is 51.2 Å². The second-order valence-corrected chi connectivity index (χ2v) is 8.22. The summed E-state index contributed by atoms with van der Waals surface area (Å²) in [6.45, 7) is 0.581. The zero-order valence-electron chi connectivity index (χ0n) is 19.5. The Balaban J connectivity index is 1.59. The minimum atomic E-state index is -0.324. The van der Waals surface area contributed by atoms with Gasteiger partial charge in [0.2, 0.25) is 0 Å². The minimum Gasteiger partial charge on any atom is -0.497 e. The summed E-state index contributed by atoms with van der Waals surface area (Å²) in [7, 11) is 4.74. The Bertz CT molecular complexity index is 1100. The molecule has 1 heterocycles. The Hall–Kier alpha value is -3.43. The molecule has 1 amide bonds. The van der Waals surface area contributed by atoms with E-state index in [2.05, 4.69) is 10.3 Å². The lowest BCUT2D eigenvalue weighted by molar-refractivity contribution is -0.121. The van der Waals surface area contributed by atoms with E-state index in [-0.39, 0.29) is 18.3 Å². The van der Waals surface area contributed by atoms with Crippen LogP contribution in [0.15, 0.2) is 47.8 Å². The lowest BCUT2D eigenvalue weighted by atomic mass is 10.1. The number of methoxy groups -OCH3 is 3. The summed E-state index contributed by atoms with van der Waals surface area (Å²) in [5, 5.41) is 5.17. The number of benzene rings is 2. The average molecular weight is 485 g/mol. The van der Waals surface area contributed by atoms with Crippen LogP contribution in [0.5, 0.6) is 17.2 Å². The third kappa shape index (κ3) is 7.03. The molecule has 0 radical (unpaired) electrons. The number of Topliss-reactive ketones (excluding diaryl/α,β-unsaturated/α-hetero) is 1. The van der Waals surface area contributed by atoms with Crippen LogP contribution in [0.1, 0.15) is 29.6 Å². The summed E-state index contributed by atoms with van der Waals surface area (Å²) in [5.41, 5.74) is 2.07. The van der Waals surface area contributed by atoms with Crippen molar-refractivity contribution in [3.63, 3.8) is 0 Å². The Morgan fingerprint density at radius 3 is 2.47 bits per heavy atom. The molecule has 0 unspecified atom stereocenters. The van der Waals surface area contributed by atoms with Crippen molar-refractivity contribution in [3.8, 4) is 28.5 Å². The molecule has 180 valence electrons. The predicted molar refractivity (Wildman–Crippen MR) is 131 cm³/mol. The Labute approximate surface area is 202 Å². The highest BCUT2D eigenvalue weighted by Gasteiger charge is 2.14. The van der Waals surface area contributed by atoms with Gasteiger partial charge in [-0.3, -0.25) is 14.9 Å². The topological polar surface area (TPSA) is 96.0 Å². The normalized spacial score (nSPS) is 10.6. The number of aromatic nitrogens is 1. The zero-order chi connectivity index (χ0) is 24.3. The fourth-order valence-electron chi connectivity index (χ4n) is 3.12. The molecule has 0 aliphatic heterocycles. The minimum absolute atomic E-state index is 0.00332. The molecular formula is C25H28N2O6S. The number of nitrogens with zero attached hydrogens (tertiary/aromatic N) is 1. The first kappa shape index (κ1) is 25.2. The molecular weight excluding hydrogens is 456 g/mol. The molecule has 3 aromatic rings. The number of anilines is 1. The summed E-state index contributed by atoms with van der Waals surface area (Å²) in [6.07, 6.45) is 2.01. The van der Waals surface area contributed by atoms with E-state index >= 15 is 0 Å². The Morgan fingerprint density at radius 2 is 1.76 bits per heavy atom. The van der Waals surface area contributed by atoms with Crippen LogP contribution < -0.4 is 19.5 Å². The maximum Gasteiger partial charge on any atom is 0.257 e. The van der Waals surface area contributed by atoms with Gasteiger partial charge < -0.3 is 18.9 Å². The molecule has 0 atom stereocenters. The van der Waals surface area contributed by atoms with Gasteiger partial charge in [0.15, 0.2) is 22.4 Å². The van der Waals surface area contributed by atoms with Crippen LogP contribution in [0.25, 0.3) is 11.3 Å². The number of hydrogen-bond donors (Lipinski definition) is 1. The van der Waals surface area contributed by atoms with Gasteiger partial charge in [-0.1, -0.05) is 0 Å². The van der Waals surface area contributed by atoms with E-state index in [0.29, 0.717) is 35.2 Å². The predicted octanol–water partition coefficient (Wildman–Crippen LogP) is 4.84. The number of nitrogens with one attached hydrogen (secondary N) is 1. The van der Waals surface area contributed by atoms with E-state index in [1.807, 2.05) is 29.6 Å². The van der Waals surface area contributed by atoms with Gasteiger partial charge in [-0.25, -0.2) is 4.98 Å². The molecule has 0 bridgehead atoms. The Kier molecular flexibility index (Phi) is 9.42. The molecule has 3 rings (SSSR count). The first-order valence-corrected chi connectivity index (χ1v) is 11.6. The van der Waals surface area contributed by atoms with Crippen LogP contribution in [0.2, 0.25) is 0 Å². The summed E-state index contributed by atoms with van der Waals surface area (Å²) in [6, 6.07) is 12.4. The molecule has 2 aromatic carbocycles. The molecule has 0 saturated heterocycles. The van der Waals surface area contributed by atoms with Crippen LogP contribution in [0.3, 0.4) is 0 Å². The number of amides is 1. The third-order valence-electron chi connectivity index (χ3n) is 4.98. The average Bonchev–Trinajstić information content (AvgIpc) is 3.33. The zero-order valence-corrected chi connectivity index (χ0v) is 20.3. The van der Waals surface area contributed by atoms with Gasteiger partial charge in [0.05, 0.1) is 19.9 Å². The molecule has 1 aromatic heterocycles. The van der Waals surface area contributed by atoms with Crippen molar-refractivity contribution in [2.75, 3.05) is 39.9 Å². The highest BCUT2D eigenvalue weighted by Crippen LogP contribution is 2.30. The number of unbranched alkanes of at least 4 members (excludes halogenated alkanes) is 1. The lowest BCUT2D eigenvalue weighted by Gasteiger charge is -2.11. The molecule has 0 fully saturated rings. The molecule has 0 saturated carbocycles. The monoisotopic (exact) mass is 484 g/mol. The Morgan fingerprint density at radius 1 is 0.971 bits per heavy atom. The smallest absolute Gasteiger partial charge is 0.257 e. The number of hydrogen-bond acceptors (Lipinski definition) is 8. The SMILES string of the molecule is COCCCCC(=O)COc1ccc(C(=O)Nc2nc(-c3ccc(OC)cc3)cs2)cc1OC. The number of thiazole rings is 1. The fraction of sp³-hybridized carbons (Fsp3) is 0.320. The van der Waals surface area contributed by atoms with Crippen molar-refractivity contribution < 1.29 is 28.5 Å². The summed E-state index contributed by atoms with van der Waals surface area (Å²) in [4.78, 5) is 29.2. The first-order valence-electron chi connectivity index (χ1n) is 10.8. The lowest BCUT2D eigenvalue weighted by Crippen LogP contribution is -2.13. The second kappa shape index (κ2) is 12.7. The molecule has 0 spiro atoms. The quantitative estimate of drug-likeness (QED) is 0.347. The van der Waals surface area contributed by atoms with Crippen molar-refractivity contribution in [1.82, 2.24) is 4.98 Å². The van der Waals surface area contributed by atoms with Gasteiger partial charge in [-0.2, -0.15) is 0 Å². The summed E-state index contributed by atoms with van der Waals surface area (Å²) < 4.78 is 21.1. The van der Waals surface area contributed by atoms with Crippen molar-refractivity contribution in [3.05, 3.63) is 53.4 Å². The van der Waals surface area contributed by atoms with Crippen LogP contribution in [-0.2, 0) is 9.53 Å². The number of ether oxygens (including phenoxy) is 4. The highest BCUT2D eigenvalue weighted by molar-refractivity contribution is 7.14. The number of carbonyl (C=O) groups excluding carboxylic acids is 2. The van der Waals surface area contributed by atoms with Gasteiger partial charge in [-0.05, 0) is 55.3 Å². The van der Waals surface area contributed by atoms with Gasteiger partial charge >= 0.3 is 0 Å². The molecule has 34 heavy (non-hydrogen) atoms. The fourth-order valence-corrected chi connectivity index (χ4v) is 3.84. The standard InChI is InChI=1S/C25H28N2O6S/c1-30-13-5-4-6-19(28)15-33-22-12-9-18(14-23(22)32-3)24(29)27-25-26-21(16-34-25)17-7-10-20(31-2)11-8-17/h7-12,14,16H,4-6,13,15H2,1-3H3,(H,26,27,29). The maximum absolute atomic E-state index is 12.7. The summed E-state index contributed by atoms with van der Waals surface area (Å²) in [5.74, 6) is 1.21. The van der Waals surface area contributed by atoms with Gasteiger partial charge in [-0.15, -0.1) is 11.3 Å². The highest BCUT2D eigenvalue weighted by atomic mass is 32.1. The van der Waals surface area contributed by atoms with E-state index < -0.39 is 0 Å². The first-order chi connectivity index (χ1) is 16.5. The van der Waals surface area contributed by atoms with E-state index in [1.54, 1.807) is 32.4 Å². The van der Waals surface area contributed by atoms with Gasteiger partial charge in [0.1, 0.15) is 12.4 Å². The molecule has 0 aliphatic carbocycles. The largest absolute Gasteiger partial charge is 0.497 e. The number of rotatable bonds is 13. The van der Waals surface area contributed by atoms with Crippen molar-refractivity contribution in [2.24, 2.45) is 0 Å². The van der Waals surface area contributed by atoms with E-state index in [0.717, 1.165) is 29.8 Å². The van der Waals surface area contributed by atoms with Gasteiger partial charge in [0.25, 0.3) is 5.91 Å². The van der Waals surface area contributed by atoms with Crippen LogP contribution in [0.4, 0.5) is 5.13 Å². The van der Waals surface area contributed by atoms with Crippen molar-refractivity contribution in [2.45, 2.75) is 19.3 Å². The van der Waals surface area contributed by atoms with Crippen molar-refractivity contribution in [1.29, 1.82) is 0 Å². The number of carbonyl (C=O) groups is 2. The van der Waals surface area contributed by atoms with Crippen LogP contribution >= 0.6 is 11.3 Å². The van der Waals surface area contributed by atoms with E-state index in [9.17, 15) is 9.59 Å². The second-order valence-electron chi connectivity index (χ2n) is 7.36. The molecule has 9 heteroatoms. The maximum atomic E-state index is 12.7. The number of ketones is 1. The molecule has 1 N–H and O–H groups in total. The van der Waals surface area contributed by atoms with Crippen LogP contribution in [0, 0.1) is 0 Å². The third-order valence-corrected chi connectivity index (χ3v) is 5.74. The van der Waals surface area contributed by atoms with E-state index in [1.165, 1.54) is 18.4 Å². The van der Waals surface area contributed by atoms with E-state index in [4.69, 9.17) is 18.9 Å².